The fourth-order valence-corrected chi connectivity index (χ4v) is 6.03. The van der Waals surface area contributed by atoms with Gasteiger partial charge in [-0.3, -0.25) is 28.9 Å². The summed E-state index contributed by atoms with van der Waals surface area (Å²) in [5.74, 6) is 1.02. The van der Waals surface area contributed by atoms with Gasteiger partial charge in [-0.2, -0.15) is 0 Å². The first kappa shape index (κ1) is 34.3. The van der Waals surface area contributed by atoms with Crippen LogP contribution in [0.1, 0.15) is 86.5 Å². The molecule has 4 rings (SSSR count). The molecular formula is C34H52N4O5. The minimum atomic E-state index is -0.226. The molecule has 9 nitrogen and oxygen atoms in total. The number of carbonyl (C=O) groups excluding carboxylic acids is 5. The molecule has 238 valence electrons. The number of carbonyl (C=O) groups is 5. The summed E-state index contributed by atoms with van der Waals surface area (Å²) >= 11 is 0. The molecular weight excluding hydrogens is 544 g/mol. The van der Waals surface area contributed by atoms with Crippen LogP contribution in [-0.4, -0.2) is 88.4 Å². The molecule has 2 saturated heterocycles. The molecule has 2 unspecified atom stereocenters. The van der Waals surface area contributed by atoms with E-state index in [4.69, 9.17) is 0 Å². The third-order valence-electron chi connectivity index (χ3n) is 9.28. The first-order chi connectivity index (χ1) is 20.1. The third-order valence-corrected chi connectivity index (χ3v) is 9.28. The number of imide groups is 1. The predicted octanol–water partition coefficient (Wildman–Crippen LogP) is 4.55. The SMILES string of the molecule is C=C1C=CC(=O)N1CCC(=O)N1CCC(C(C)(C)C)C1.CC(C)(C)C1CCN(C(=O)CCCCCN2C(=O)C=CC2=O)C1. The van der Waals surface area contributed by atoms with Gasteiger partial charge in [0.05, 0.1) is 0 Å². The number of rotatable bonds is 9. The van der Waals surface area contributed by atoms with Crippen LogP contribution in [0.15, 0.2) is 36.6 Å². The van der Waals surface area contributed by atoms with Crippen molar-refractivity contribution in [1.29, 1.82) is 0 Å². The maximum Gasteiger partial charge on any atom is 0.253 e. The molecule has 0 aromatic rings. The lowest BCUT2D eigenvalue weighted by Crippen LogP contribution is -2.34. The molecule has 2 atom stereocenters. The summed E-state index contributed by atoms with van der Waals surface area (Å²) in [6, 6.07) is 0. The monoisotopic (exact) mass is 596 g/mol. The van der Waals surface area contributed by atoms with Crippen molar-refractivity contribution in [2.24, 2.45) is 22.7 Å². The van der Waals surface area contributed by atoms with Gasteiger partial charge in [0.25, 0.3) is 17.7 Å². The highest BCUT2D eigenvalue weighted by Crippen LogP contribution is 2.34. The Labute approximate surface area is 258 Å². The fourth-order valence-electron chi connectivity index (χ4n) is 6.03. The largest absolute Gasteiger partial charge is 0.342 e. The van der Waals surface area contributed by atoms with E-state index in [1.807, 2.05) is 9.80 Å². The molecule has 4 aliphatic rings. The van der Waals surface area contributed by atoms with Crippen molar-refractivity contribution in [1.82, 2.24) is 19.6 Å². The van der Waals surface area contributed by atoms with Gasteiger partial charge in [0, 0.05) is 76.0 Å². The lowest BCUT2D eigenvalue weighted by molar-refractivity contribution is -0.137. The van der Waals surface area contributed by atoms with Gasteiger partial charge < -0.3 is 14.7 Å². The van der Waals surface area contributed by atoms with Crippen molar-refractivity contribution in [3.8, 4) is 0 Å². The molecule has 0 bridgehead atoms. The van der Waals surface area contributed by atoms with Gasteiger partial charge in [-0.05, 0) is 54.4 Å². The van der Waals surface area contributed by atoms with Gasteiger partial charge in [0.15, 0.2) is 0 Å². The topological polar surface area (TPSA) is 98.3 Å². The molecule has 9 heteroatoms. The Balaban J connectivity index is 0.000000238. The Morgan fingerprint density at radius 2 is 1.14 bits per heavy atom. The van der Waals surface area contributed by atoms with Crippen LogP contribution in [0.3, 0.4) is 0 Å². The number of allylic oxidation sites excluding steroid dienone is 1. The van der Waals surface area contributed by atoms with Crippen molar-refractivity contribution in [2.75, 3.05) is 39.3 Å². The minimum Gasteiger partial charge on any atom is -0.342 e. The highest BCUT2D eigenvalue weighted by atomic mass is 16.2. The van der Waals surface area contributed by atoms with Crippen LogP contribution in [0.2, 0.25) is 0 Å². The van der Waals surface area contributed by atoms with Gasteiger partial charge in [0.2, 0.25) is 11.8 Å². The zero-order valence-electron chi connectivity index (χ0n) is 27.2. The minimum absolute atomic E-state index is 0.0724. The number of hydrogen-bond donors (Lipinski definition) is 0. The summed E-state index contributed by atoms with van der Waals surface area (Å²) < 4.78 is 0. The molecule has 0 spiro atoms. The van der Waals surface area contributed by atoms with Gasteiger partial charge >= 0.3 is 0 Å². The second-order valence-electron chi connectivity index (χ2n) is 14.4. The number of likely N-dealkylation sites (tertiary alicyclic amines) is 2. The first-order valence-electron chi connectivity index (χ1n) is 15.9. The van der Waals surface area contributed by atoms with Crippen LogP contribution >= 0.6 is 0 Å². The van der Waals surface area contributed by atoms with E-state index in [0.29, 0.717) is 43.5 Å². The second kappa shape index (κ2) is 14.5. The van der Waals surface area contributed by atoms with Crippen LogP contribution in [0.25, 0.3) is 0 Å². The normalized spacial score (nSPS) is 22.3. The summed E-state index contributed by atoms with van der Waals surface area (Å²) in [5.41, 5.74) is 1.19. The van der Waals surface area contributed by atoms with Crippen molar-refractivity contribution >= 4 is 29.5 Å². The highest BCUT2D eigenvalue weighted by Gasteiger charge is 2.35. The summed E-state index contributed by atoms with van der Waals surface area (Å²) in [6.07, 6.45) is 11.4. The van der Waals surface area contributed by atoms with E-state index in [1.165, 1.54) is 23.1 Å². The maximum atomic E-state index is 12.2. The second-order valence-corrected chi connectivity index (χ2v) is 14.4. The number of unbranched alkanes of at least 4 members (excludes halogenated alkanes) is 2. The third kappa shape index (κ3) is 9.63. The molecule has 0 aromatic heterocycles. The average Bonchev–Trinajstić information content (AvgIpc) is 3.72. The number of hydrogen-bond acceptors (Lipinski definition) is 5. The lowest BCUT2D eigenvalue weighted by atomic mass is 9.80. The summed E-state index contributed by atoms with van der Waals surface area (Å²) in [5, 5.41) is 0. The smallest absolute Gasteiger partial charge is 0.253 e. The Morgan fingerprint density at radius 1 is 0.674 bits per heavy atom. The molecule has 0 N–H and O–H groups in total. The fraction of sp³-hybridized carbons (Fsp3) is 0.676. The Morgan fingerprint density at radius 3 is 1.58 bits per heavy atom. The van der Waals surface area contributed by atoms with Gasteiger partial charge in [-0.1, -0.05) is 54.5 Å². The Kier molecular flexibility index (Phi) is 11.6. The van der Waals surface area contributed by atoms with Gasteiger partial charge in [-0.15, -0.1) is 0 Å². The van der Waals surface area contributed by atoms with Crippen LogP contribution < -0.4 is 0 Å². The molecule has 0 aliphatic carbocycles. The molecule has 0 radical (unpaired) electrons. The Bertz CT molecular complexity index is 1110. The quantitative estimate of drug-likeness (QED) is 0.287. The molecule has 2 fully saturated rings. The van der Waals surface area contributed by atoms with Crippen LogP contribution in [0.4, 0.5) is 0 Å². The zero-order valence-corrected chi connectivity index (χ0v) is 27.2. The van der Waals surface area contributed by atoms with Crippen molar-refractivity contribution < 1.29 is 24.0 Å². The van der Waals surface area contributed by atoms with E-state index in [2.05, 4.69) is 48.1 Å². The van der Waals surface area contributed by atoms with E-state index in [1.54, 1.807) is 11.0 Å². The number of nitrogens with zero attached hydrogens (tertiary/aromatic N) is 4. The Hall–Kier alpha value is -3.23. The van der Waals surface area contributed by atoms with E-state index < -0.39 is 0 Å². The van der Waals surface area contributed by atoms with Crippen molar-refractivity contribution in [2.45, 2.75) is 86.5 Å². The van der Waals surface area contributed by atoms with E-state index in [9.17, 15) is 24.0 Å². The van der Waals surface area contributed by atoms with Gasteiger partial charge in [-0.25, -0.2) is 0 Å². The number of amides is 5. The highest BCUT2D eigenvalue weighted by molar-refractivity contribution is 6.12. The molecule has 43 heavy (non-hydrogen) atoms. The van der Waals surface area contributed by atoms with Crippen LogP contribution in [-0.2, 0) is 24.0 Å². The summed E-state index contributed by atoms with van der Waals surface area (Å²) in [4.78, 5) is 65.6. The summed E-state index contributed by atoms with van der Waals surface area (Å²) in [6.45, 7) is 21.5. The van der Waals surface area contributed by atoms with E-state index in [-0.39, 0.29) is 40.4 Å². The standard InChI is InChI=1S/C18H28N2O3.C16H24N2O2/c1-18(2,3)14-10-12-19(13-14)15(21)7-5-4-6-11-20-16(22)8-9-17(20)23;1-12-5-6-15(20)18(12)10-8-14(19)17-9-7-13(11-17)16(2,3)4/h8-9,14H,4-7,10-13H2,1-3H3;5-6,13H,1,7-11H2,2-4H3. The van der Waals surface area contributed by atoms with Crippen molar-refractivity contribution in [3.05, 3.63) is 36.6 Å². The summed E-state index contributed by atoms with van der Waals surface area (Å²) in [7, 11) is 0. The molecule has 4 aliphatic heterocycles. The lowest BCUT2D eigenvalue weighted by Gasteiger charge is -2.27. The van der Waals surface area contributed by atoms with E-state index in [0.717, 1.165) is 58.3 Å². The van der Waals surface area contributed by atoms with Crippen LogP contribution in [0, 0.1) is 22.7 Å². The van der Waals surface area contributed by atoms with Crippen molar-refractivity contribution in [3.63, 3.8) is 0 Å². The zero-order chi connectivity index (χ0) is 31.9. The predicted molar refractivity (Wildman–Crippen MR) is 167 cm³/mol. The molecule has 0 saturated carbocycles. The maximum absolute atomic E-state index is 12.2. The van der Waals surface area contributed by atoms with E-state index >= 15 is 0 Å². The molecule has 4 heterocycles. The molecule has 0 aromatic carbocycles. The average molecular weight is 597 g/mol. The van der Waals surface area contributed by atoms with Crippen LogP contribution in [0.5, 0.6) is 0 Å². The van der Waals surface area contributed by atoms with Gasteiger partial charge in [0.1, 0.15) is 0 Å². The first-order valence-corrected chi connectivity index (χ1v) is 15.9. The molecule has 5 amide bonds.